The Bertz CT molecular complexity index is 590. The molecule has 0 rings (SSSR count). The molecule has 0 aromatic carbocycles. The Morgan fingerprint density at radius 2 is 0.447 bits per heavy atom. The van der Waals surface area contributed by atoms with Gasteiger partial charge in [-0.15, -0.1) is 0 Å². The average molecular weight is 691 g/mol. The summed E-state index contributed by atoms with van der Waals surface area (Å²) in [6.07, 6.45) is -0.00326. The highest BCUT2D eigenvalue weighted by molar-refractivity contribution is 5.66. The van der Waals surface area contributed by atoms with E-state index in [9.17, 15) is 4.79 Å². The lowest BCUT2D eigenvalue weighted by molar-refractivity contribution is -0.138. The Labute approximate surface area is 280 Å². The molecule has 0 atom stereocenters. The molecule has 0 bridgehead atoms. The molecular weight excluding hydrogens is 628 g/mol. The number of hydrogen-bond donors (Lipinski definition) is 1. The fourth-order valence-electron chi connectivity index (χ4n) is 3.16. The minimum absolute atomic E-state index is 0.00326. The molecule has 0 saturated carbocycles. The molecule has 47 heavy (non-hydrogen) atoms. The normalized spacial score (nSPS) is 11.5. The van der Waals surface area contributed by atoms with E-state index in [1.54, 1.807) is 0 Å². The summed E-state index contributed by atoms with van der Waals surface area (Å²) in [6, 6.07) is 0. The minimum Gasteiger partial charge on any atom is -0.481 e. The van der Waals surface area contributed by atoms with Crippen LogP contribution in [0.2, 0.25) is 0 Å². The van der Waals surface area contributed by atoms with Gasteiger partial charge in [0.1, 0.15) is 0 Å². The fraction of sp³-hybridized carbons (Fsp3) is 0.968. The average Bonchev–Trinajstić information content (AvgIpc) is 3.07. The maximum Gasteiger partial charge on any atom is 0.305 e. The Morgan fingerprint density at radius 1 is 0.298 bits per heavy atom. The molecule has 0 saturated heterocycles. The first-order chi connectivity index (χ1) is 23.3. The van der Waals surface area contributed by atoms with Gasteiger partial charge in [-0.1, -0.05) is 0 Å². The molecule has 0 aromatic heterocycles. The van der Waals surface area contributed by atoms with Crippen LogP contribution in [0.1, 0.15) is 13.3 Å². The second-order valence-corrected chi connectivity index (χ2v) is 9.30. The van der Waals surface area contributed by atoms with Crippen LogP contribution < -0.4 is 0 Å². The number of rotatable bonds is 43. The lowest BCUT2D eigenvalue weighted by Crippen LogP contribution is -2.15. The van der Waals surface area contributed by atoms with Crippen LogP contribution in [0.25, 0.3) is 0 Å². The van der Waals surface area contributed by atoms with Crippen molar-refractivity contribution >= 4 is 5.97 Å². The molecular formula is C31H62O16. The van der Waals surface area contributed by atoms with Crippen LogP contribution in [0.3, 0.4) is 0 Å². The van der Waals surface area contributed by atoms with Gasteiger partial charge in [0.25, 0.3) is 0 Å². The van der Waals surface area contributed by atoms with E-state index < -0.39 is 5.97 Å². The summed E-state index contributed by atoms with van der Waals surface area (Å²) in [4.78, 5) is 10.3. The van der Waals surface area contributed by atoms with Gasteiger partial charge in [-0.3, -0.25) is 4.79 Å². The van der Waals surface area contributed by atoms with E-state index in [2.05, 4.69) is 0 Å². The third-order valence-corrected chi connectivity index (χ3v) is 5.50. The number of ether oxygens (including phenoxy) is 14. The topological polar surface area (TPSA) is 167 Å². The van der Waals surface area contributed by atoms with Gasteiger partial charge < -0.3 is 71.4 Å². The van der Waals surface area contributed by atoms with E-state index in [0.717, 1.165) is 0 Å². The van der Waals surface area contributed by atoms with Crippen LogP contribution in [-0.4, -0.2) is 196 Å². The number of aliphatic carboxylic acids is 1. The van der Waals surface area contributed by atoms with Gasteiger partial charge in [0, 0.05) is 6.61 Å². The molecule has 0 fully saturated rings. The molecule has 16 heteroatoms. The standard InChI is InChI=1S/C31H62O16/c1-2-34-5-6-36-9-10-38-13-14-40-17-18-42-21-22-44-25-26-46-29-30-47-28-27-45-24-23-43-20-19-41-16-15-39-12-11-37-8-7-35-4-3-31(32)33/h2-30H2,1H3,(H,32,33). The van der Waals surface area contributed by atoms with E-state index in [4.69, 9.17) is 71.4 Å². The van der Waals surface area contributed by atoms with Crippen molar-refractivity contribution < 1.29 is 76.2 Å². The summed E-state index contributed by atoms with van der Waals surface area (Å²) in [5.74, 6) is -0.875. The number of hydrogen-bond acceptors (Lipinski definition) is 15. The quantitative estimate of drug-likeness (QED) is 0.0888. The van der Waals surface area contributed by atoms with Gasteiger partial charge in [-0.2, -0.15) is 0 Å². The first-order valence-corrected chi connectivity index (χ1v) is 16.6. The Morgan fingerprint density at radius 3 is 0.596 bits per heavy atom. The molecule has 282 valence electrons. The summed E-state index contributed by atoms with van der Waals surface area (Å²) < 4.78 is 75.4. The van der Waals surface area contributed by atoms with Crippen molar-refractivity contribution in [2.75, 3.05) is 185 Å². The lowest BCUT2D eigenvalue weighted by Gasteiger charge is -2.09. The van der Waals surface area contributed by atoms with Crippen molar-refractivity contribution in [3.63, 3.8) is 0 Å². The Hall–Kier alpha value is -1.09. The molecule has 0 amide bonds. The first-order valence-electron chi connectivity index (χ1n) is 16.6. The first kappa shape index (κ1) is 45.9. The van der Waals surface area contributed by atoms with Gasteiger partial charge in [0.2, 0.25) is 0 Å². The number of carboxylic acids is 1. The zero-order valence-corrected chi connectivity index (χ0v) is 28.6. The van der Waals surface area contributed by atoms with E-state index >= 15 is 0 Å². The molecule has 1 N–H and O–H groups in total. The monoisotopic (exact) mass is 690 g/mol. The molecule has 0 spiro atoms. The summed E-state index contributed by atoms with van der Waals surface area (Å²) in [6.45, 7) is 15.8. The van der Waals surface area contributed by atoms with E-state index in [-0.39, 0.29) is 13.0 Å². The molecule has 0 aliphatic rings. The SMILES string of the molecule is CCOCCOCCOCCOCCOCCOCCOCCOCCOCCOCCOCCOCCOCCOCCC(=O)O. The Balaban J connectivity index is 3.04. The van der Waals surface area contributed by atoms with Crippen LogP contribution in [0.15, 0.2) is 0 Å². The van der Waals surface area contributed by atoms with E-state index in [1.807, 2.05) is 6.92 Å². The third-order valence-electron chi connectivity index (χ3n) is 5.50. The van der Waals surface area contributed by atoms with E-state index in [0.29, 0.717) is 178 Å². The van der Waals surface area contributed by atoms with Crippen molar-refractivity contribution in [1.29, 1.82) is 0 Å². The summed E-state index contributed by atoms with van der Waals surface area (Å²) >= 11 is 0. The number of carboxylic acid groups (broad SMARTS) is 1. The smallest absolute Gasteiger partial charge is 0.305 e. The summed E-state index contributed by atoms with van der Waals surface area (Å²) in [7, 11) is 0. The molecule has 0 radical (unpaired) electrons. The molecule has 0 aromatic rings. The van der Waals surface area contributed by atoms with Crippen LogP contribution in [0.4, 0.5) is 0 Å². The summed E-state index contributed by atoms with van der Waals surface area (Å²) in [5.41, 5.74) is 0. The predicted molar refractivity (Wildman–Crippen MR) is 169 cm³/mol. The second-order valence-electron chi connectivity index (χ2n) is 9.30. The Kier molecular flexibility index (Phi) is 41.9. The predicted octanol–water partition coefficient (Wildman–Crippen LogP) is 0.713. The van der Waals surface area contributed by atoms with Gasteiger partial charge >= 0.3 is 5.97 Å². The second kappa shape index (κ2) is 42.9. The van der Waals surface area contributed by atoms with Crippen molar-refractivity contribution in [3.8, 4) is 0 Å². The molecule has 16 nitrogen and oxygen atoms in total. The maximum atomic E-state index is 10.3. The lowest BCUT2D eigenvalue weighted by atomic mass is 10.5. The van der Waals surface area contributed by atoms with Crippen molar-refractivity contribution in [2.24, 2.45) is 0 Å². The zero-order valence-electron chi connectivity index (χ0n) is 28.6. The molecule has 0 aliphatic heterocycles. The van der Waals surface area contributed by atoms with Crippen LogP contribution >= 0.6 is 0 Å². The van der Waals surface area contributed by atoms with Crippen LogP contribution in [-0.2, 0) is 71.1 Å². The largest absolute Gasteiger partial charge is 0.481 e. The van der Waals surface area contributed by atoms with Gasteiger partial charge in [0.05, 0.1) is 185 Å². The summed E-state index contributed by atoms with van der Waals surface area (Å²) in [5, 5.41) is 8.49. The highest BCUT2D eigenvalue weighted by Crippen LogP contribution is 1.88. The van der Waals surface area contributed by atoms with Crippen LogP contribution in [0.5, 0.6) is 0 Å². The highest BCUT2D eigenvalue weighted by Gasteiger charge is 1.98. The molecule has 0 unspecified atom stereocenters. The van der Waals surface area contributed by atoms with Gasteiger partial charge in [-0.25, -0.2) is 0 Å². The third kappa shape index (κ3) is 44.9. The molecule has 0 heterocycles. The van der Waals surface area contributed by atoms with Crippen LogP contribution in [0, 0.1) is 0 Å². The van der Waals surface area contributed by atoms with Crippen molar-refractivity contribution in [3.05, 3.63) is 0 Å². The van der Waals surface area contributed by atoms with E-state index in [1.165, 1.54) is 0 Å². The maximum absolute atomic E-state index is 10.3. The van der Waals surface area contributed by atoms with Crippen molar-refractivity contribution in [1.82, 2.24) is 0 Å². The molecule has 0 aliphatic carbocycles. The minimum atomic E-state index is -0.875. The number of carbonyl (C=O) groups is 1. The van der Waals surface area contributed by atoms with Gasteiger partial charge in [0.15, 0.2) is 0 Å². The fourth-order valence-corrected chi connectivity index (χ4v) is 3.16. The highest BCUT2D eigenvalue weighted by atomic mass is 16.6. The zero-order chi connectivity index (χ0) is 34.0. The van der Waals surface area contributed by atoms with Crippen molar-refractivity contribution in [2.45, 2.75) is 13.3 Å². The van der Waals surface area contributed by atoms with Gasteiger partial charge in [-0.05, 0) is 6.92 Å².